The number of carboxylic acids is 1. The highest BCUT2D eigenvalue weighted by Crippen LogP contribution is 2.27. The van der Waals surface area contributed by atoms with Crippen LogP contribution in [0.3, 0.4) is 0 Å². The maximum atomic E-state index is 12.4. The number of carbonyl (C=O) groups is 1. The zero-order valence-corrected chi connectivity index (χ0v) is 12.0. The minimum atomic E-state index is -3.88. The lowest BCUT2D eigenvalue weighted by Gasteiger charge is -2.09. The molecule has 21 heavy (non-hydrogen) atoms. The lowest BCUT2D eigenvalue weighted by atomic mass is 10.2. The fourth-order valence-corrected chi connectivity index (χ4v) is 3.05. The molecular weight excluding hydrogens is 300 g/mol. The highest BCUT2D eigenvalue weighted by Gasteiger charge is 2.24. The quantitative estimate of drug-likeness (QED) is 0.870. The van der Waals surface area contributed by atoms with Crippen molar-refractivity contribution in [3.8, 4) is 5.75 Å². The van der Waals surface area contributed by atoms with E-state index in [0.29, 0.717) is 5.82 Å². The molecule has 112 valence electrons. The van der Waals surface area contributed by atoms with Crippen molar-refractivity contribution in [3.05, 3.63) is 35.5 Å². The number of nitrogens with zero attached hydrogens (tertiary/aromatic N) is 2. The van der Waals surface area contributed by atoms with E-state index >= 15 is 0 Å². The third kappa shape index (κ3) is 3.19. The first-order valence-electron chi connectivity index (χ1n) is 5.77. The lowest BCUT2D eigenvalue weighted by molar-refractivity contribution is 0.0696. The Morgan fingerprint density at radius 1 is 1.43 bits per heavy atom. The fourth-order valence-electron chi connectivity index (χ4n) is 1.69. The van der Waals surface area contributed by atoms with Crippen molar-refractivity contribution in [3.63, 3.8) is 0 Å². The summed E-state index contributed by atoms with van der Waals surface area (Å²) in [6, 6.07) is 3.59. The summed E-state index contributed by atoms with van der Waals surface area (Å²) in [6.45, 7) is 1.56. The van der Waals surface area contributed by atoms with E-state index in [1.54, 1.807) is 6.92 Å². The number of benzene rings is 1. The van der Waals surface area contributed by atoms with Gasteiger partial charge in [0.25, 0.3) is 0 Å². The third-order valence-corrected chi connectivity index (χ3v) is 4.24. The van der Waals surface area contributed by atoms with Crippen LogP contribution < -0.4 is 4.74 Å². The summed E-state index contributed by atoms with van der Waals surface area (Å²) in [4.78, 5) is 14.5. The molecule has 0 bridgehead atoms. The second-order valence-corrected chi connectivity index (χ2v) is 6.12. The van der Waals surface area contributed by atoms with Crippen molar-refractivity contribution in [1.82, 2.24) is 10.1 Å². The summed E-state index contributed by atoms with van der Waals surface area (Å²) in [7, 11) is -2.59. The Bertz CT molecular complexity index is 781. The first-order chi connectivity index (χ1) is 9.83. The van der Waals surface area contributed by atoms with Crippen molar-refractivity contribution < 1.29 is 27.6 Å². The molecule has 1 N–H and O–H groups in total. The molecule has 0 radical (unpaired) electrons. The minimum absolute atomic E-state index is 0.0521. The molecule has 0 amide bonds. The van der Waals surface area contributed by atoms with Gasteiger partial charge >= 0.3 is 5.97 Å². The minimum Gasteiger partial charge on any atom is -0.495 e. The Morgan fingerprint density at radius 3 is 2.67 bits per heavy atom. The molecule has 0 aliphatic rings. The number of rotatable bonds is 5. The van der Waals surface area contributed by atoms with Crippen molar-refractivity contribution in [2.45, 2.75) is 17.6 Å². The molecule has 1 aromatic carbocycles. The van der Waals surface area contributed by atoms with Gasteiger partial charge in [0.1, 0.15) is 16.4 Å². The van der Waals surface area contributed by atoms with Gasteiger partial charge in [-0.25, -0.2) is 13.2 Å². The molecule has 9 heteroatoms. The number of hydrogen-bond donors (Lipinski definition) is 1. The van der Waals surface area contributed by atoms with Crippen LogP contribution >= 0.6 is 0 Å². The Labute approximate surface area is 120 Å². The van der Waals surface area contributed by atoms with Crippen LogP contribution in [0.1, 0.15) is 22.1 Å². The van der Waals surface area contributed by atoms with Gasteiger partial charge in [0.15, 0.2) is 15.7 Å². The van der Waals surface area contributed by atoms with Gasteiger partial charge < -0.3 is 14.4 Å². The summed E-state index contributed by atoms with van der Waals surface area (Å²) >= 11 is 0. The second kappa shape index (κ2) is 5.52. The molecular formula is C12H12N2O6S. The molecule has 0 aliphatic carbocycles. The van der Waals surface area contributed by atoms with Crippen LogP contribution in [-0.2, 0) is 15.6 Å². The van der Waals surface area contributed by atoms with E-state index in [-0.39, 0.29) is 22.1 Å². The Balaban J connectivity index is 2.47. The first kappa shape index (κ1) is 15.0. The van der Waals surface area contributed by atoms with Crippen molar-refractivity contribution in [2.24, 2.45) is 0 Å². The van der Waals surface area contributed by atoms with E-state index in [9.17, 15) is 13.2 Å². The normalized spacial score (nSPS) is 11.3. The predicted octanol–water partition coefficient (Wildman–Crippen LogP) is 1.06. The molecule has 1 aromatic heterocycles. The number of ether oxygens (including phenoxy) is 1. The summed E-state index contributed by atoms with van der Waals surface area (Å²) in [6.07, 6.45) is 0. The molecule has 0 saturated heterocycles. The number of sulfone groups is 1. The van der Waals surface area contributed by atoms with Gasteiger partial charge in [-0.05, 0) is 25.1 Å². The lowest BCUT2D eigenvalue weighted by Crippen LogP contribution is -2.09. The average Bonchev–Trinajstić information content (AvgIpc) is 2.82. The van der Waals surface area contributed by atoms with E-state index in [1.807, 2.05) is 0 Å². The highest BCUT2D eigenvalue weighted by molar-refractivity contribution is 7.90. The number of aryl methyl sites for hydroxylation is 1. The summed E-state index contributed by atoms with van der Waals surface area (Å²) < 4.78 is 34.5. The van der Waals surface area contributed by atoms with Crippen LogP contribution in [0.2, 0.25) is 0 Å². The van der Waals surface area contributed by atoms with Crippen molar-refractivity contribution in [1.29, 1.82) is 0 Å². The van der Waals surface area contributed by atoms with Crippen LogP contribution in [0, 0.1) is 6.92 Å². The standard InChI is InChI=1S/C12H12N2O6S/c1-7-13-11(20-14-7)6-21(17,18)10-5-8(12(15)16)3-4-9(10)19-2/h3-5H,6H2,1-2H3,(H,15,16). The smallest absolute Gasteiger partial charge is 0.335 e. The van der Waals surface area contributed by atoms with Gasteiger partial charge in [0.2, 0.25) is 5.89 Å². The molecule has 0 atom stereocenters. The summed E-state index contributed by atoms with van der Waals surface area (Å²) in [5.74, 6) is -1.48. The number of aromatic nitrogens is 2. The zero-order chi connectivity index (χ0) is 15.6. The molecule has 0 aliphatic heterocycles. The second-order valence-electron chi connectivity index (χ2n) is 4.17. The number of methoxy groups -OCH3 is 1. The number of hydrogen-bond acceptors (Lipinski definition) is 7. The molecule has 0 fully saturated rings. The topological polar surface area (TPSA) is 120 Å². The Morgan fingerprint density at radius 2 is 2.14 bits per heavy atom. The number of carboxylic acid groups (broad SMARTS) is 1. The van der Waals surface area contributed by atoms with E-state index in [0.717, 1.165) is 6.07 Å². The predicted molar refractivity (Wildman–Crippen MR) is 69.9 cm³/mol. The summed E-state index contributed by atoms with van der Waals surface area (Å²) in [5, 5.41) is 12.5. The van der Waals surface area contributed by atoms with Crippen LogP contribution in [0.25, 0.3) is 0 Å². The van der Waals surface area contributed by atoms with Gasteiger partial charge in [-0.3, -0.25) is 0 Å². The Kier molecular flexibility index (Phi) is 3.94. The van der Waals surface area contributed by atoms with E-state index in [1.165, 1.54) is 19.2 Å². The van der Waals surface area contributed by atoms with Crippen LogP contribution in [0.5, 0.6) is 5.75 Å². The van der Waals surface area contributed by atoms with Crippen molar-refractivity contribution >= 4 is 15.8 Å². The SMILES string of the molecule is COc1ccc(C(=O)O)cc1S(=O)(=O)Cc1nc(C)no1. The molecule has 0 unspecified atom stereocenters. The molecule has 2 rings (SSSR count). The van der Waals surface area contributed by atoms with Crippen LogP contribution in [0.15, 0.2) is 27.6 Å². The maximum absolute atomic E-state index is 12.4. The summed E-state index contributed by atoms with van der Waals surface area (Å²) in [5.41, 5.74) is -0.156. The van der Waals surface area contributed by atoms with Gasteiger partial charge in [0, 0.05) is 0 Å². The maximum Gasteiger partial charge on any atom is 0.335 e. The van der Waals surface area contributed by atoms with Gasteiger partial charge in [-0.1, -0.05) is 5.16 Å². The van der Waals surface area contributed by atoms with Gasteiger partial charge in [0.05, 0.1) is 12.7 Å². The highest BCUT2D eigenvalue weighted by atomic mass is 32.2. The van der Waals surface area contributed by atoms with E-state index in [4.69, 9.17) is 14.4 Å². The first-order valence-corrected chi connectivity index (χ1v) is 7.42. The molecule has 1 heterocycles. The molecule has 8 nitrogen and oxygen atoms in total. The molecule has 2 aromatic rings. The van der Waals surface area contributed by atoms with Crippen LogP contribution in [0.4, 0.5) is 0 Å². The van der Waals surface area contributed by atoms with Crippen LogP contribution in [-0.4, -0.2) is 36.7 Å². The van der Waals surface area contributed by atoms with Gasteiger partial charge in [-0.15, -0.1) is 0 Å². The largest absolute Gasteiger partial charge is 0.495 e. The van der Waals surface area contributed by atoms with E-state index < -0.39 is 21.6 Å². The third-order valence-electron chi connectivity index (χ3n) is 2.63. The fraction of sp³-hybridized carbons (Fsp3) is 0.250. The Hall–Kier alpha value is -2.42. The average molecular weight is 312 g/mol. The zero-order valence-electron chi connectivity index (χ0n) is 11.2. The van der Waals surface area contributed by atoms with Crippen molar-refractivity contribution in [2.75, 3.05) is 7.11 Å². The molecule has 0 spiro atoms. The monoisotopic (exact) mass is 312 g/mol. The van der Waals surface area contributed by atoms with E-state index in [2.05, 4.69) is 10.1 Å². The van der Waals surface area contributed by atoms with Gasteiger partial charge in [-0.2, -0.15) is 4.98 Å². The number of aromatic carboxylic acids is 1. The molecule has 0 saturated carbocycles.